The van der Waals surface area contributed by atoms with E-state index in [1.807, 2.05) is 0 Å². The van der Waals surface area contributed by atoms with Gasteiger partial charge in [0.15, 0.2) is 6.10 Å². The predicted molar refractivity (Wildman–Crippen MR) is 65.4 cm³/mol. The zero-order valence-corrected chi connectivity index (χ0v) is 10.2. The van der Waals surface area contributed by atoms with E-state index in [0.29, 0.717) is 0 Å². The maximum Gasteiger partial charge on any atom is 0.338 e. The summed E-state index contributed by atoms with van der Waals surface area (Å²) in [4.78, 5) is 22.2. The Hall–Kier alpha value is -2.12. The lowest BCUT2D eigenvalue weighted by molar-refractivity contribution is -0.159. The molecule has 0 saturated heterocycles. The Morgan fingerprint density at radius 2 is 2.00 bits per heavy atom. The molecule has 1 aromatic rings. The second-order valence-electron chi connectivity index (χ2n) is 3.76. The first-order valence-electron chi connectivity index (χ1n) is 5.54. The second-order valence-corrected chi connectivity index (χ2v) is 3.76. The number of aromatic carboxylic acids is 1. The molecule has 104 valence electrons. The highest BCUT2D eigenvalue weighted by molar-refractivity contribution is 5.94. The SMILES string of the molecule is CCOC(=O)C(O)C(O)c1cccc(C(=O)O)c1N. The molecule has 0 aliphatic carbocycles. The third-order valence-electron chi connectivity index (χ3n) is 2.52. The van der Waals surface area contributed by atoms with Crippen molar-refractivity contribution in [3.63, 3.8) is 0 Å². The van der Waals surface area contributed by atoms with E-state index in [2.05, 4.69) is 4.74 Å². The molecule has 1 aromatic carbocycles. The van der Waals surface area contributed by atoms with Gasteiger partial charge in [0.1, 0.15) is 6.10 Å². The summed E-state index contributed by atoms with van der Waals surface area (Å²) in [6, 6.07) is 3.94. The number of carbonyl (C=O) groups is 2. The van der Waals surface area contributed by atoms with Gasteiger partial charge in [-0.1, -0.05) is 12.1 Å². The van der Waals surface area contributed by atoms with Crippen molar-refractivity contribution in [2.75, 3.05) is 12.3 Å². The van der Waals surface area contributed by atoms with Gasteiger partial charge in [0.25, 0.3) is 0 Å². The van der Waals surface area contributed by atoms with Crippen molar-refractivity contribution in [3.05, 3.63) is 29.3 Å². The molecule has 0 aliphatic heterocycles. The zero-order valence-electron chi connectivity index (χ0n) is 10.2. The molecule has 0 fully saturated rings. The van der Waals surface area contributed by atoms with E-state index < -0.39 is 24.1 Å². The standard InChI is InChI=1S/C12H15NO6/c1-2-19-12(18)10(15)9(14)6-4-3-5-7(8(6)13)11(16)17/h3-5,9-10,14-15H,2,13H2,1H3,(H,16,17). The van der Waals surface area contributed by atoms with Crippen molar-refractivity contribution in [3.8, 4) is 0 Å². The van der Waals surface area contributed by atoms with E-state index in [1.54, 1.807) is 6.92 Å². The summed E-state index contributed by atoms with van der Waals surface area (Å²) in [5.41, 5.74) is 5.13. The first kappa shape index (κ1) is 14.9. The molecule has 5 N–H and O–H groups in total. The fourth-order valence-corrected chi connectivity index (χ4v) is 1.55. The molecule has 0 aromatic heterocycles. The number of para-hydroxylation sites is 1. The minimum Gasteiger partial charge on any atom is -0.478 e. The third kappa shape index (κ3) is 3.21. The first-order valence-corrected chi connectivity index (χ1v) is 5.54. The lowest BCUT2D eigenvalue weighted by Gasteiger charge is -2.19. The smallest absolute Gasteiger partial charge is 0.338 e. The van der Waals surface area contributed by atoms with Crippen LogP contribution >= 0.6 is 0 Å². The van der Waals surface area contributed by atoms with Gasteiger partial charge in [0.05, 0.1) is 17.9 Å². The summed E-state index contributed by atoms with van der Waals surface area (Å²) in [5, 5.41) is 28.3. The number of anilines is 1. The van der Waals surface area contributed by atoms with Gasteiger partial charge in [0, 0.05) is 5.56 Å². The molecule has 19 heavy (non-hydrogen) atoms. The summed E-state index contributed by atoms with van der Waals surface area (Å²) in [7, 11) is 0. The van der Waals surface area contributed by atoms with Crippen LogP contribution in [0.15, 0.2) is 18.2 Å². The Kier molecular flexibility index (Phi) is 4.85. The van der Waals surface area contributed by atoms with Gasteiger partial charge < -0.3 is 25.8 Å². The van der Waals surface area contributed by atoms with Crippen LogP contribution in [-0.2, 0) is 9.53 Å². The van der Waals surface area contributed by atoms with Crippen molar-refractivity contribution in [2.24, 2.45) is 0 Å². The van der Waals surface area contributed by atoms with Gasteiger partial charge in [-0.05, 0) is 13.0 Å². The number of benzene rings is 1. The molecule has 0 spiro atoms. The molecule has 0 radical (unpaired) electrons. The van der Waals surface area contributed by atoms with Gasteiger partial charge in [-0.3, -0.25) is 0 Å². The average molecular weight is 269 g/mol. The van der Waals surface area contributed by atoms with Gasteiger partial charge in [0.2, 0.25) is 0 Å². The first-order chi connectivity index (χ1) is 8.90. The number of carboxylic acids is 1. The number of aliphatic hydroxyl groups excluding tert-OH is 2. The summed E-state index contributed by atoms with van der Waals surface area (Å²) in [5.74, 6) is -2.27. The van der Waals surface area contributed by atoms with Crippen LogP contribution in [0.1, 0.15) is 28.9 Å². The molecule has 2 atom stereocenters. The van der Waals surface area contributed by atoms with E-state index in [9.17, 15) is 19.8 Å². The van der Waals surface area contributed by atoms with E-state index in [-0.39, 0.29) is 23.4 Å². The molecule has 7 heteroatoms. The molecule has 0 saturated carbocycles. The van der Waals surface area contributed by atoms with E-state index in [0.717, 1.165) is 0 Å². The topological polar surface area (TPSA) is 130 Å². The molecular weight excluding hydrogens is 254 g/mol. The Morgan fingerprint density at radius 3 is 2.53 bits per heavy atom. The van der Waals surface area contributed by atoms with Crippen LogP contribution in [0.5, 0.6) is 0 Å². The van der Waals surface area contributed by atoms with Crippen LogP contribution in [0.4, 0.5) is 5.69 Å². The third-order valence-corrected chi connectivity index (χ3v) is 2.52. The highest BCUT2D eigenvalue weighted by Gasteiger charge is 2.29. The van der Waals surface area contributed by atoms with Crippen molar-refractivity contribution >= 4 is 17.6 Å². The lowest BCUT2D eigenvalue weighted by atomic mass is 9.99. The van der Waals surface area contributed by atoms with Gasteiger partial charge in [-0.25, -0.2) is 9.59 Å². The highest BCUT2D eigenvalue weighted by Crippen LogP contribution is 2.26. The molecule has 0 bridgehead atoms. The number of aliphatic hydroxyl groups is 2. The Labute approximate surface area is 109 Å². The number of rotatable bonds is 5. The van der Waals surface area contributed by atoms with Gasteiger partial charge in [-0.2, -0.15) is 0 Å². The Balaban J connectivity index is 3.06. The van der Waals surface area contributed by atoms with Crippen LogP contribution in [-0.4, -0.2) is 40.0 Å². The van der Waals surface area contributed by atoms with Crippen LogP contribution in [0, 0.1) is 0 Å². The van der Waals surface area contributed by atoms with Gasteiger partial charge >= 0.3 is 11.9 Å². The minimum absolute atomic E-state index is 0.0412. The zero-order chi connectivity index (χ0) is 14.6. The number of carboxylic acid groups (broad SMARTS) is 1. The quantitative estimate of drug-likeness (QED) is 0.434. The minimum atomic E-state index is -1.83. The summed E-state index contributed by atoms with van der Waals surface area (Å²) < 4.78 is 4.56. The largest absolute Gasteiger partial charge is 0.478 e. The number of carbonyl (C=O) groups excluding carboxylic acids is 1. The predicted octanol–water partition coefficient (Wildman–Crippen LogP) is -0.0756. The summed E-state index contributed by atoms with van der Waals surface area (Å²) in [6.45, 7) is 1.60. The van der Waals surface area contributed by atoms with Gasteiger partial charge in [-0.15, -0.1) is 0 Å². The van der Waals surface area contributed by atoms with E-state index in [4.69, 9.17) is 10.8 Å². The highest BCUT2D eigenvalue weighted by atomic mass is 16.5. The molecule has 0 amide bonds. The molecular formula is C12H15NO6. The summed E-state index contributed by atoms with van der Waals surface area (Å²) >= 11 is 0. The number of nitrogen functional groups attached to an aromatic ring is 1. The molecule has 0 aliphatic rings. The molecule has 7 nitrogen and oxygen atoms in total. The Morgan fingerprint density at radius 1 is 1.37 bits per heavy atom. The number of hydrogen-bond acceptors (Lipinski definition) is 6. The monoisotopic (exact) mass is 269 g/mol. The molecule has 2 unspecified atom stereocenters. The molecule has 1 rings (SSSR count). The van der Waals surface area contributed by atoms with Crippen molar-refractivity contribution in [2.45, 2.75) is 19.1 Å². The second kappa shape index (κ2) is 6.17. The van der Waals surface area contributed by atoms with Crippen molar-refractivity contribution in [1.82, 2.24) is 0 Å². The average Bonchev–Trinajstić information content (AvgIpc) is 2.37. The van der Waals surface area contributed by atoms with E-state index in [1.165, 1.54) is 18.2 Å². The van der Waals surface area contributed by atoms with Crippen molar-refractivity contribution in [1.29, 1.82) is 0 Å². The lowest BCUT2D eigenvalue weighted by Crippen LogP contribution is -2.30. The van der Waals surface area contributed by atoms with E-state index >= 15 is 0 Å². The maximum atomic E-state index is 11.3. The van der Waals surface area contributed by atoms with Crippen LogP contribution < -0.4 is 5.73 Å². The number of ether oxygens (including phenoxy) is 1. The van der Waals surface area contributed by atoms with Crippen LogP contribution in [0.3, 0.4) is 0 Å². The molecule has 0 heterocycles. The normalized spacial score (nSPS) is 13.6. The fraction of sp³-hybridized carbons (Fsp3) is 0.333. The number of hydrogen-bond donors (Lipinski definition) is 4. The van der Waals surface area contributed by atoms with Crippen LogP contribution in [0.2, 0.25) is 0 Å². The summed E-state index contributed by atoms with van der Waals surface area (Å²) in [6.07, 6.45) is -3.48. The number of nitrogens with two attached hydrogens (primary N) is 1. The van der Waals surface area contributed by atoms with Crippen molar-refractivity contribution < 1.29 is 29.6 Å². The van der Waals surface area contributed by atoms with Crippen LogP contribution in [0.25, 0.3) is 0 Å². The Bertz CT molecular complexity index is 487. The number of esters is 1. The maximum absolute atomic E-state index is 11.3. The fourth-order valence-electron chi connectivity index (χ4n) is 1.55.